The fourth-order valence-electron chi connectivity index (χ4n) is 2.79. The number of carbonyl (C=O) groups excluding carboxylic acids is 2. The van der Waals surface area contributed by atoms with E-state index < -0.39 is 11.7 Å². The van der Waals surface area contributed by atoms with Crippen LogP contribution in [0, 0.1) is 5.92 Å². The SMILES string of the molecule is CC(C)(C)OC(=O)NC[C@@H]1CCCN(C(=O)c2cc(Br)ccc2Cl)C1. The van der Waals surface area contributed by atoms with Crippen LogP contribution in [-0.4, -0.2) is 42.1 Å². The summed E-state index contributed by atoms with van der Waals surface area (Å²) in [4.78, 5) is 26.3. The average molecular weight is 432 g/mol. The van der Waals surface area contributed by atoms with E-state index in [1.807, 2.05) is 26.8 Å². The third-order valence-corrected chi connectivity index (χ3v) is 4.72. The lowest BCUT2D eigenvalue weighted by Gasteiger charge is -2.33. The van der Waals surface area contributed by atoms with Crippen LogP contribution < -0.4 is 5.32 Å². The van der Waals surface area contributed by atoms with Crippen molar-refractivity contribution >= 4 is 39.5 Å². The predicted molar refractivity (Wildman–Crippen MR) is 102 cm³/mol. The topological polar surface area (TPSA) is 58.6 Å². The molecule has 0 unspecified atom stereocenters. The molecule has 1 aliphatic heterocycles. The minimum Gasteiger partial charge on any atom is -0.444 e. The molecule has 1 aromatic carbocycles. The van der Waals surface area contributed by atoms with Gasteiger partial charge in [0.25, 0.3) is 5.91 Å². The highest BCUT2D eigenvalue weighted by Crippen LogP contribution is 2.25. The van der Waals surface area contributed by atoms with Crippen LogP contribution >= 0.6 is 27.5 Å². The van der Waals surface area contributed by atoms with E-state index in [-0.39, 0.29) is 11.8 Å². The number of alkyl carbamates (subject to hydrolysis) is 1. The Morgan fingerprint density at radius 1 is 1.40 bits per heavy atom. The molecule has 0 spiro atoms. The number of nitrogens with one attached hydrogen (secondary N) is 1. The Bertz CT molecular complexity index is 646. The first-order valence-electron chi connectivity index (χ1n) is 8.37. The number of nitrogens with zero attached hydrogens (tertiary/aromatic N) is 1. The Morgan fingerprint density at radius 3 is 2.80 bits per heavy atom. The van der Waals surface area contributed by atoms with Gasteiger partial charge in [-0.15, -0.1) is 0 Å². The second-order valence-corrected chi connectivity index (χ2v) is 8.59. The number of halogens is 2. The van der Waals surface area contributed by atoms with Crippen molar-refractivity contribution in [2.24, 2.45) is 5.92 Å². The molecular weight excluding hydrogens is 408 g/mol. The zero-order chi connectivity index (χ0) is 18.6. The third kappa shape index (κ3) is 6.19. The van der Waals surface area contributed by atoms with Crippen molar-refractivity contribution in [3.63, 3.8) is 0 Å². The van der Waals surface area contributed by atoms with Gasteiger partial charge in [-0.2, -0.15) is 0 Å². The molecule has 1 aliphatic rings. The van der Waals surface area contributed by atoms with Gasteiger partial charge in [-0.25, -0.2) is 4.79 Å². The number of likely N-dealkylation sites (tertiary alicyclic amines) is 1. The maximum absolute atomic E-state index is 12.8. The zero-order valence-electron chi connectivity index (χ0n) is 14.8. The number of carbonyl (C=O) groups is 2. The lowest BCUT2D eigenvalue weighted by atomic mass is 9.97. The van der Waals surface area contributed by atoms with Gasteiger partial charge in [-0.1, -0.05) is 27.5 Å². The molecule has 2 rings (SSSR count). The quantitative estimate of drug-likeness (QED) is 0.767. The monoisotopic (exact) mass is 430 g/mol. The van der Waals surface area contributed by atoms with Gasteiger partial charge >= 0.3 is 6.09 Å². The number of rotatable bonds is 3. The molecule has 1 saturated heterocycles. The summed E-state index contributed by atoms with van der Waals surface area (Å²) >= 11 is 9.54. The summed E-state index contributed by atoms with van der Waals surface area (Å²) in [6.07, 6.45) is 1.44. The Kier molecular flexibility index (Phi) is 6.74. The molecule has 0 bridgehead atoms. The van der Waals surface area contributed by atoms with Crippen LogP contribution in [-0.2, 0) is 4.74 Å². The zero-order valence-corrected chi connectivity index (χ0v) is 17.1. The molecule has 1 atom stereocenters. The van der Waals surface area contributed by atoms with Gasteiger partial charge in [-0.3, -0.25) is 4.79 Å². The summed E-state index contributed by atoms with van der Waals surface area (Å²) in [5.74, 6) is 0.129. The summed E-state index contributed by atoms with van der Waals surface area (Å²) in [5, 5.41) is 3.24. The standard InChI is InChI=1S/C18H24BrClN2O3/c1-18(2,3)25-17(24)21-10-12-5-4-8-22(11-12)16(23)14-9-13(19)6-7-15(14)20/h6-7,9,12H,4-5,8,10-11H2,1-3H3,(H,21,24)/t12-/m0/s1. The molecule has 7 heteroatoms. The van der Waals surface area contributed by atoms with Gasteiger partial charge in [0, 0.05) is 24.1 Å². The Hall–Kier alpha value is -1.27. The number of benzene rings is 1. The molecule has 1 N–H and O–H groups in total. The summed E-state index contributed by atoms with van der Waals surface area (Å²) in [6.45, 7) is 7.27. The molecule has 1 fully saturated rings. The maximum Gasteiger partial charge on any atom is 0.407 e. The highest BCUT2D eigenvalue weighted by atomic mass is 79.9. The van der Waals surface area contributed by atoms with E-state index in [1.165, 1.54) is 0 Å². The van der Waals surface area contributed by atoms with Crippen LogP contribution in [0.1, 0.15) is 44.0 Å². The average Bonchev–Trinajstić information content (AvgIpc) is 2.53. The molecular formula is C18H24BrClN2O3. The summed E-state index contributed by atoms with van der Waals surface area (Å²) in [5.41, 5.74) is -0.0207. The van der Waals surface area contributed by atoms with Gasteiger partial charge in [-0.05, 0) is 57.7 Å². The third-order valence-electron chi connectivity index (χ3n) is 3.90. The van der Waals surface area contributed by atoms with Crippen molar-refractivity contribution in [1.82, 2.24) is 10.2 Å². The van der Waals surface area contributed by atoms with Crippen molar-refractivity contribution in [2.45, 2.75) is 39.2 Å². The van der Waals surface area contributed by atoms with Crippen LogP contribution in [0.3, 0.4) is 0 Å². The number of hydrogen-bond acceptors (Lipinski definition) is 3. The van der Waals surface area contributed by atoms with Gasteiger partial charge < -0.3 is 15.0 Å². The van der Waals surface area contributed by atoms with Crippen LogP contribution in [0.2, 0.25) is 5.02 Å². The van der Waals surface area contributed by atoms with Crippen LogP contribution in [0.4, 0.5) is 4.79 Å². The molecule has 0 aromatic heterocycles. The first-order valence-corrected chi connectivity index (χ1v) is 9.54. The van der Waals surface area contributed by atoms with Crippen LogP contribution in [0.5, 0.6) is 0 Å². The van der Waals surface area contributed by atoms with E-state index in [0.717, 1.165) is 17.3 Å². The van der Waals surface area contributed by atoms with E-state index in [1.54, 1.807) is 17.0 Å². The maximum atomic E-state index is 12.8. The molecule has 0 radical (unpaired) electrons. The summed E-state index contributed by atoms with van der Waals surface area (Å²) < 4.78 is 6.07. The highest BCUT2D eigenvalue weighted by molar-refractivity contribution is 9.10. The van der Waals surface area contributed by atoms with Crippen molar-refractivity contribution in [2.75, 3.05) is 19.6 Å². The smallest absolute Gasteiger partial charge is 0.407 e. The Labute approximate surface area is 162 Å². The fourth-order valence-corrected chi connectivity index (χ4v) is 3.35. The lowest BCUT2D eigenvalue weighted by molar-refractivity contribution is 0.0502. The molecule has 0 aliphatic carbocycles. The van der Waals surface area contributed by atoms with E-state index in [2.05, 4.69) is 21.2 Å². The number of ether oxygens (including phenoxy) is 1. The van der Waals surface area contributed by atoms with E-state index in [0.29, 0.717) is 30.2 Å². The first-order chi connectivity index (χ1) is 11.7. The number of hydrogen-bond donors (Lipinski definition) is 1. The Balaban J connectivity index is 1.93. The van der Waals surface area contributed by atoms with Crippen molar-refractivity contribution in [3.05, 3.63) is 33.3 Å². The molecule has 0 saturated carbocycles. The molecule has 1 heterocycles. The van der Waals surface area contributed by atoms with Crippen molar-refractivity contribution < 1.29 is 14.3 Å². The van der Waals surface area contributed by atoms with Gasteiger partial charge in [0.1, 0.15) is 5.60 Å². The lowest BCUT2D eigenvalue weighted by Crippen LogP contribution is -2.44. The van der Waals surface area contributed by atoms with Gasteiger partial charge in [0.15, 0.2) is 0 Å². The second kappa shape index (κ2) is 8.41. The summed E-state index contributed by atoms with van der Waals surface area (Å²) in [6, 6.07) is 5.26. The minimum absolute atomic E-state index is 0.0757. The molecule has 138 valence electrons. The fraction of sp³-hybridized carbons (Fsp3) is 0.556. The van der Waals surface area contributed by atoms with Crippen molar-refractivity contribution in [3.8, 4) is 0 Å². The van der Waals surface area contributed by atoms with E-state index >= 15 is 0 Å². The normalized spacial score (nSPS) is 18.0. The largest absolute Gasteiger partial charge is 0.444 e. The van der Waals surface area contributed by atoms with Crippen molar-refractivity contribution in [1.29, 1.82) is 0 Å². The molecule has 25 heavy (non-hydrogen) atoms. The molecule has 5 nitrogen and oxygen atoms in total. The van der Waals surface area contributed by atoms with Crippen LogP contribution in [0.15, 0.2) is 22.7 Å². The highest BCUT2D eigenvalue weighted by Gasteiger charge is 2.26. The Morgan fingerprint density at radius 2 is 2.12 bits per heavy atom. The molecule has 2 amide bonds. The van der Waals surface area contributed by atoms with E-state index in [9.17, 15) is 9.59 Å². The van der Waals surface area contributed by atoms with Crippen LogP contribution in [0.25, 0.3) is 0 Å². The van der Waals surface area contributed by atoms with Gasteiger partial charge in [0.05, 0.1) is 10.6 Å². The number of piperidine rings is 1. The van der Waals surface area contributed by atoms with E-state index in [4.69, 9.17) is 16.3 Å². The van der Waals surface area contributed by atoms with Gasteiger partial charge in [0.2, 0.25) is 0 Å². The number of amides is 2. The summed E-state index contributed by atoms with van der Waals surface area (Å²) in [7, 11) is 0. The second-order valence-electron chi connectivity index (χ2n) is 7.27. The molecule has 1 aromatic rings. The first kappa shape index (κ1) is 20.0. The predicted octanol–water partition coefficient (Wildman–Crippen LogP) is 4.48. The minimum atomic E-state index is -0.518.